The van der Waals surface area contributed by atoms with Gasteiger partial charge in [-0.05, 0) is 17.7 Å². The number of hydrogen-bond acceptors (Lipinski definition) is 1. The summed E-state index contributed by atoms with van der Waals surface area (Å²) in [4.78, 5) is 2.43. The zero-order chi connectivity index (χ0) is 13.3. The van der Waals surface area contributed by atoms with Crippen LogP contribution in [0.1, 0.15) is 18.1 Å². The highest BCUT2D eigenvalue weighted by Crippen LogP contribution is 2.05. The first kappa shape index (κ1) is 13.6. The molecule has 1 nitrogen and oxygen atoms in total. The lowest BCUT2D eigenvalue weighted by molar-refractivity contribution is 0.311. The van der Waals surface area contributed by atoms with Gasteiger partial charge in [-0.15, -0.1) is 0 Å². The van der Waals surface area contributed by atoms with Gasteiger partial charge in [-0.1, -0.05) is 79.7 Å². The molecule has 0 saturated carbocycles. The van der Waals surface area contributed by atoms with Crippen LogP contribution < -0.4 is 0 Å². The van der Waals surface area contributed by atoms with Gasteiger partial charge in [0, 0.05) is 13.1 Å². The van der Waals surface area contributed by atoms with Crippen molar-refractivity contribution in [3.63, 3.8) is 0 Å². The van der Waals surface area contributed by atoms with Crippen LogP contribution in [0.4, 0.5) is 0 Å². The summed E-state index contributed by atoms with van der Waals surface area (Å²) < 4.78 is 0. The van der Waals surface area contributed by atoms with E-state index in [1.807, 2.05) is 6.07 Å². The molecule has 98 valence electrons. The lowest BCUT2D eigenvalue weighted by Crippen LogP contribution is -2.22. The summed E-state index contributed by atoms with van der Waals surface area (Å²) in [6.45, 7) is 5.27. The molecule has 2 aromatic carbocycles. The summed E-state index contributed by atoms with van der Waals surface area (Å²) in [5.74, 6) is 0. The van der Waals surface area contributed by atoms with Crippen molar-refractivity contribution < 1.29 is 0 Å². The maximum atomic E-state index is 2.43. The summed E-state index contributed by atoms with van der Waals surface area (Å²) in [5, 5.41) is 0. The molecular weight excluding hydrogens is 230 g/mol. The number of hydrogen-bond donors (Lipinski definition) is 0. The van der Waals surface area contributed by atoms with E-state index in [0.29, 0.717) is 0 Å². The van der Waals surface area contributed by atoms with Crippen LogP contribution in [0.3, 0.4) is 0 Å². The van der Waals surface area contributed by atoms with Crippen molar-refractivity contribution in [3.8, 4) is 0 Å². The molecule has 0 aliphatic heterocycles. The molecule has 0 atom stereocenters. The van der Waals surface area contributed by atoms with Crippen LogP contribution in [-0.4, -0.2) is 18.0 Å². The van der Waals surface area contributed by atoms with E-state index >= 15 is 0 Å². The van der Waals surface area contributed by atoms with Crippen LogP contribution in [0.25, 0.3) is 6.08 Å². The van der Waals surface area contributed by atoms with E-state index in [1.54, 1.807) is 0 Å². The predicted molar refractivity (Wildman–Crippen MR) is 82.9 cm³/mol. The fourth-order valence-corrected chi connectivity index (χ4v) is 2.05. The van der Waals surface area contributed by atoms with Crippen LogP contribution in [0.15, 0.2) is 66.7 Å². The molecule has 0 unspecified atom stereocenters. The van der Waals surface area contributed by atoms with Gasteiger partial charge in [0.05, 0.1) is 0 Å². The topological polar surface area (TPSA) is 3.24 Å². The SMILES string of the molecule is CCN(C/C=C\c1ccccc1)Cc1ccccc1. The van der Waals surface area contributed by atoms with Gasteiger partial charge in [0.25, 0.3) is 0 Å². The largest absolute Gasteiger partial charge is 0.296 e. The molecule has 0 N–H and O–H groups in total. The fraction of sp³-hybridized carbons (Fsp3) is 0.222. The normalized spacial score (nSPS) is 11.3. The molecule has 0 spiro atoms. The zero-order valence-corrected chi connectivity index (χ0v) is 11.5. The van der Waals surface area contributed by atoms with Crippen molar-refractivity contribution in [2.24, 2.45) is 0 Å². The Morgan fingerprint density at radius 2 is 1.53 bits per heavy atom. The molecule has 0 saturated heterocycles. The molecule has 0 aromatic heterocycles. The van der Waals surface area contributed by atoms with E-state index in [1.165, 1.54) is 11.1 Å². The van der Waals surface area contributed by atoms with Crippen LogP contribution in [-0.2, 0) is 6.54 Å². The average Bonchev–Trinajstić information content (AvgIpc) is 2.48. The fourth-order valence-electron chi connectivity index (χ4n) is 2.05. The van der Waals surface area contributed by atoms with E-state index < -0.39 is 0 Å². The second-order valence-corrected chi connectivity index (χ2v) is 4.63. The molecule has 0 radical (unpaired) electrons. The van der Waals surface area contributed by atoms with Crippen LogP contribution in [0.2, 0.25) is 0 Å². The molecule has 2 rings (SSSR count). The van der Waals surface area contributed by atoms with Gasteiger partial charge >= 0.3 is 0 Å². The summed E-state index contributed by atoms with van der Waals surface area (Å²) in [5.41, 5.74) is 2.63. The first-order chi connectivity index (χ1) is 9.38. The van der Waals surface area contributed by atoms with E-state index in [0.717, 1.165) is 19.6 Å². The van der Waals surface area contributed by atoms with Gasteiger partial charge < -0.3 is 0 Å². The van der Waals surface area contributed by atoms with Crippen LogP contribution in [0.5, 0.6) is 0 Å². The van der Waals surface area contributed by atoms with Gasteiger partial charge in [0.1, 0.15) is 0 Å². The van der Waals surface area contributed by atoms with Crippen molar-refractivity contribution in [2.75, 3.05) is 13.1 Å². The number of likely N-dealkylation sites (N-methyl/N-ethyl adjacent to an activating group) is 1. The van der Waals surface area contributed by atoms with E-state index in [9.17, 15) is 0 Å². The van der Waals surface area contributed by atoms with Crippen LogP contribution in [0, 0.1) is 0 Å². The van der Waals surface area contributed by atoms with E-state index in [-0.39, 0.29) is 0 Å². The van der Waals surface area contributed by atoms with Crippen molar-refractivity contribution in [3.05, 3.63) is 77.9 Å². The van der Waals surface area contributed by atoms with Gasteiger partial charge in [0.2, 0.25) is 0 Å². The quantitative estimate of drug-likeness (QED) is 0.743. The average molecular weight is 251 g/mol. The van der Waals surface area contributed by atoms with Gasteiger partial charge in [-0.3, -0.25) is 4.90 Å². The Morgan fingerprint density at radius 3 is 2.16 bits per heavy atom. The monoisotopic (exact) mass is 251 g/mol. The third-order valence-corrected chi connectivity index (χ3v) is 3.17. The lowest BCUT2D eigenvalue weighted by atomic mass is 10.2. The third-order valence-electron chi connectivity index (χ3n) is 3.17. The highest BCUT2D eigenvalue weighted by atomic mass is 15.1. The highest BCUT2D eigenvalue weighted by Gasteiger charge is 2.00. The minimum Gasteiger partial charge on any atom is -0.296 e. The Kier molecular flexibility index (Phi) is 5.39. The maximum Gasteiger partial charge on any atom is 0.0236 e. The zero-order valence-electron chi connectivity index (χ0n) is 11.5. The first-order valence-corrected chi connectivity index (χ1v) is 6.86. The Bertz CT molecular complexity index is 488. The minimum atomic E-state index is 0.986. The standard InChI is InChI=1S/C18H21N/c1-2-19(16-18-12-7-4-8-13-18)15-9-14-17-10-5-3-6-11-17/h3-14H,2,15-16H2,1H3/b14-9-. The third kappa shape index (κ3) is 4.72. The molecule has 0 bridgehead atoms. The van der Waals surface area contributed by atoms with E-state index in [2.05, 4.69) is 78.6 Å². The molecule has 0 heterocycles. The Hall–Kier alpha value is -1.86. The molecule has 0 aliphatic rings. The van der Waals surface area contributed by atoms with Crippen molar-refractivity contribution in [1.29, 1.82) is 0 Å². The van der Waals surface area contributed by atoms with E-state index in [4.69, 9.17) is 0 Å². The molecular formula is C18H21N. The Labute approximate surface area is 116 Å². The van der Waals surface area contributed by atoms with Gasteiger partial charge in [-0.25, -0.2) is 0 Å². The molecule has 1 heteroatoms. The first-order valence-electron chi connectivity index (χ1n) is 6.86. The smallest absolute Gasteiger partial charge is 0.0236 e. The second-order valence-electron chi connectivity index (χ2n) is 4.63. The van der Waals surface area contributed by atoms with Gasteiger partial charge in [-0.2, -0.15) is 0 Å². The second kappa shape index (κ2) is 7.55. The van der Waals surface area contributed by atoms with Gasteiger partial charge in [0.15, 0.2) is 0 Å². The summed E-state index contributed by atoms with van der Waals surface area (Å²) >= 11 is 0. The number of rotatable bonds is 6. The van der Waals surface area contributed by atoms with Crippen LogP contribution >= 0.6 is 0 Å². The summed E-state index contributed by atoms with van der Waals surface area (Å²) in [6.07, 6.45) is 4.43. The molecule has 0 amide bonds. The number of nitrogens with zero attached hydrogens (tertiary/aromatic N) is 1. The molecule has 0 aliphatic carbocycles. The predicted octanol–water partition coefficient (Wildman–Crippen LogP) is 4.22. The Morgan fingerprint density at radius 1 is 0.895 bits per heavy atom. The van der Waals surface area contributed by atoms with Crippen molar-refractivity contribution in [2.45, 2.75) is 13.5 Å². The molecule has 2 aromatic rings. The van der Waals surface area contributed by atoms with Crippen molar-refractivity contribution in [1.82, 2.24) is 4.90 Å². The maximum absolute atomic E-state index is 2.43. The Balaban J connectivity index is 1.88. The summed E-state index contributed by atoms with van der Waals surface area (Å²) in [7, 11) is 0. The molecule has 0 fully saturated rings. The summed E-state index contributed by atoms with van der Waals surface area (Å²) in [6, 6.07) is 21.1. The van der Waals surface area contributed by atoms with Crippen molar-refractivity contribution >= 4 is 6.08 Å². The lowest BCUT2D eigenvalue weighted by Gasteiger charge is -2.18. The minimum absolute atomic E-state index is 0.986. The molecule has 19 heavy (non-hydrogen) atoms. The number of benzene rings is 2. The highest BCUT2D eigenvalue weighted by molar-refractivity contribution is 5.48.